The lowest BCUT2D eigenvalue weighted by molar-refractivity contribution is -0.137. The summed E-state index contributed by atoms with van der Waals surface area (Å²) in [5.41, 5.74) is 1.25. The average Bonchev–Trinajstić information content (AvgIpc) is 2.68. The first kappa shape index (κ1) is 23.6. The summed E-state index contributed by atoms with van der Waals surface area (Å²) in [6.07, 6.45) is 0.787. The molecule has 168 valence electrons. The third-order valence-corrected chi connectivity index (χ3v) is 6.34. The molecular weight excluding hydrogens is 424 g/mol. The highest BCUT2D eigenvalue weighted by atomic mass is 35.5. The minimum atomic E-state index is -0.938. The van der Waals surface area contributed by atoms with Crippen LogP contribution < -0.4 is 0 Å². The Morgan fingerprint density at radius 1 is 1.19 bits per heavy atom. The number of nitrogens with zero attached hydrogens (tertiary/aromatic N) is 1. The van der Waals surface area contributed by atoms with Gasteiger partial charge in [0, 0.05) is 10.6 Å². The average molecular weight is 452 g/mol. The molecule has 4 nitrogen and oxygen atoms in total. The molecule has 0 fully saturated rings. The number of hydrogen-bond donors (Lipinski definition) is 2. The maximum Gasteiger partial charge on any atom is 0.228 e. The van der Waals surface area contributed by atoms with Gasteiger partial charge in [0.15, 0.2) is 0 Å². The van der Waals surface area contributed by atoms with Crippen molar-refractivity contribution in [2.75, 3.05) is 6.61 Å². The Balaban J connectivity index is 1.94. The first-order valence-electron chi connectivity index (χ1n) is 10.4. The van der Waals surface area contributed by atoms with Gasteiger partial charge in [-0.2, -0.15) is 0 Å². The van der Waals surface area contributed by atoms with Crippen LogP contribution in [-0.4, -0.2) is 39.3 Å². The number of aliphatic hydroxyl groups is 2. The Morgan fingerprint density at radius 3 is 2.48 bits per heavy atom. The lowest BCUT2D eigenvalue weighted by atomic mass is 9.83. The Morgan fingerprint density at radius 2 is 1.87 bits per heavy atom. The number of carbonyl (C=O) groups excluding carboxylic acids is 1. The van der Waals surface area contributed by atoms with Crippen LogP contribution in [0, 0.1) is 11.6 Å². The van der Waals surface area contributed by atoms with Gasteiger partial charge in [-0.25, -0.2) is 8.78 Å². The number of hydrogen-bond acceptors (Lipinski definition) is 3. The zero-order valence-electron chi connectivity index (χ0n) is 18.0. The van der Waals surface area contributed by atoms with E-state index in [0.717, 1.165) is 11.1 Å². The van der Waals surface area contributed by atoms with Crippen molar-refractivity contribution in [3.05, 3.63) is 69.2 Å². The van der Waals surface area contributed by atoms with Crippen molar-refractivity contribution in [2.24, 2.45) is 0 Å². The number of fused-ring (bicyclic) bond motifs is 1. The molecule has 1 amide bonds. The monoisotopic (exact) mass is 451 g/mol. The molecule has 3 rings (SSSR count). The van der Waals surface area contributed by atoms with Crippen LogP contribution in [0.4, 0.5) is 8.78 Å². The van der Waals surface area contributed by atoms with E-state index in [1.165, 1.54) is 24.3 Å². The maximum atomic E-state index is 14.7. The molecule has 1 aliphatic rings. The predicted molar refractivity (Wildman–Crippen MR) is 116 cm³/mol. The molecule has 0 aliphatic carbocycles. The summed E-state index contributed by atoms with van der Waals surface area (Å²) >= 11 is 6.09. The molecule has 2 atom stereocenters. The quantitative estimate of drug-likeness (QED) is 0.685. The fraction of sp³-hybridized carbons (Fsp3) is 0.458. The molecule has 2 aromatic carbocycles. The van der Waals surface area contributed by atoms with Crippen LogP contribution in [0.25, 0.3) is 0 Å². The highest BCUT2D eigenvalue weighted by Gasteiger charge is 2.37. The van der Waals surface area contributed by atoms with E-state index in [0.29, 0.717) is 18.4 Å². The molecule has 2 N–H and O–H groups in total. The van der Waals surface area contributed by atoms with Gasteiger partial charge in [0.2, 0.25) is 5.91 Å². The van der Waals surface area contributed by atoms with Crippen molar-refractivity contribution in [1.82, 2.24) is 4.90 Å². The summed E-state index contributed by atoms with van der Waals surface area (Å²) in [5, 5.41) is 20.3. The SMILES string of the molecule is C[C@H]1c2ccc(F)c(CCC(C)(C)O)c2C[C@H](CO)N1C(=O)Cc1c(F)cccc1Cl. The van der Waals surface area contributed by atoms with Crippen LogP contribution in [0.1, 0.15) is 55.5 Å². The van der Waals surface area contributed by atoms with Gasteiger partial charge >= 0.3 is 0 Å². The zero-order valence-corrected chi connectivity index (χ0v) is 18.7. The number of halogens is 3. The highest BCUT2D eigenvalue weighted by Crippen LogP contribution is 2.37. The molecule has 0 bridgehead atoms. The summed E-state index contributed by atoms with van der Waals surface area (Å²) in [4.78, 5) is 14.7. The molecule has 0 radical (unpaired) electrons. The zero-order chi connectivity index (χ0) is 22.9. The Labute approximate surface area is 186 Å². The van der Waals surface area contributed by atoms with Gasteiger partial charge in [-0.3, -0.25) is 4.79 Å². The molecule has 1 aliphatic heterocycles. The fourth-order valence-corrected chi connectivity index (χ4v) is 4.56. The van der Waals surface area contributed by atoms with Gasteiger partial charge in [-0.05, 0) is 74.9 Å². The summed E-state index contributed by atoms with van der Waals surface area (Å²) < 4.78 is 28.9. The van der Waals surface area contributed by atoms with E-state index >= 15 is 0 Å². The molecule has 7 heteroatoms. The van der Waals surface area contributed by atoms with Crippen LogP contribution in [0.15, 0.2) is 30.3 Å². The number of rotatable bonds is 6. The first-order chi connectivity index (χ1) is 14.5. The fourth-order valence-electron chi connectivity index (χ4n) is 4.33. The number of amides is 1. The highest BCUT2D eigenvalue weighted by molar-refractivity contribution is 6.31. The molecule has 2 aromatic rings. The summed E-state index contributed by atoms with van der Waals surface area (Å²) in [6, 6.07) is 6.31. The second-order valence-electron chi connectivity index (χ2n) is 8.80. The van der Waals surface area contributed by atoms with Crippen LogP contribution >= 0.6 is 11.6 Å². The molecule has 0 saturated heterocycles. The van der Waals surface area contributed by atoms with Crippen LogP contribution in [0.3, 0.4) is 0 Å². The van der Waals surface area contributed by atoms with Crippen molar-refractivity contribution in [3.63, 3.8) is 0 Å². The largest absolute Gasteiger partial charge is 0.394 e. The predicted octanol–water partition coefficient (Wildman–Crippen LogP) is 4.37. The molecule has 1 heterocycles. The van der Waals surface area contributed by atoms with Crippen LogP contribution in [0.2, 0.25) is 5.02 Å². The standard InChI is InChI=1S/C24H28ClF2NO3/c1-14-16-7-8-22(27)17(9-10-24(2,3)31)18(16)11-15(13-29)28(14)23(30)12-19-20(25)5-4-6-21(19)26/h4-8,14-15,29,31H,9-13H2,1-3H3/t14-,15+/m0/s1. The Bertz CT molecular complexity index is 954. The summed E-state index contributed by atoms with van der Waals surface area (Å²) in [5.74, 6) is -1.26. The van der Waals surface area contributed by atoms with E-state index in [2.05, 4.69) is 0 Å². The van der Waals surface area contributed by atoms with Gasteiger partial charge in [0.05, 0.1) is 30.7 Å². The topological polar surface area (TPSA) is 60.8 Å². The van der Waals surface area contributed by atoms with Gasteiger partial charge in [-0.15, -0.1) is 0 Å². The van der Waals surface area contributed by atoms with Crippen molar-refractivity contribution < 1.29 is 23.8 Å². The molecular formula is C24H28ClF2NO3. The Kier molecular flexibility index (Phi) is 7.04. The van der Waals surface area contributed by atoms with Crippen molar-refractivity contribution >= 4 is 17.5 Å². The normalized spacial score (nSPS) is 18.8. The molecule has 0 saturated carbocycles. The van der Waals surface area contributed by atoms with E-state index in [4.69, 9.17) is 11.6 Å². The molecule has 0 aromatic heterocycles. The smallest absolute Gasteiger partial charge is 0.228 e. The van der Waals surface area contributed by atoms with E-state index in [1.54, 1.807) is 24.8 Å². The van der Waals surface area contributed by atoms with E-state index in [9.17, 15) is 23.8 Å². The van der Waals surface area contributed by atoms with Gasteiger partial charge < -0.3 is 15.1 Å². The first-order valence-corrected chi connectivity index (χ1v) is 10.8. The van der Waals surface area contributed by atoms with E-state index < -0.39 is 23.5 Å². The third kappa shape index (κ3) is 5.08. The van der Waals surface area contributed by atoms with Crippen LogP contribution in [0.5, 0.6) is 0 Å². The minimum absolute atomic E-state index is 0.119. The van der Waals surface area contributed by atoms with Gasteiger partial charge in [-0.1, -0.05) is 23.7 Å². The maximum absolute atomic E-state index is 14.7. The van der Waals surface area contributed by atoms with E-state index in [-0.39, 0.29) is 41.8 Å². The van der Waals surface area contributed by atoms with Gasteiger partial charge in [0.1, 0.15) is 11.6 Å². The van der Waals surface area contributed by atoms with Crippen LogP contribution in [-0.2, 0) is 24.1 Å². The Hall–Kier alpha value is -2.02. The molecule has 0 spiro atoms. The lowest BCUT2D eigenvalue weighted by Crippen LogP contribution is -2.49. The second-order valence-corrected chi connectivity index (χ2v) is 9.21. The van der Waals surface area contributed by atoms with Crippen molar-refractivity contribution in [3.8, 4) is 0 Å². The molecule has 0 unspecified atom stereocenters. The summed E-state index contributed by atoms with van der Waals surface area (Å²) in [7, 11) is 0. The minimum Gasteiger partial charge on any atom is -0.394 e. The number of benzene rings is 2. The number of carbonyl (C=O) groups is 1. The van der Waals surface area contributed by atoms with Crippen molar-refractivity contribution in [2.45, 2.75) is 64.1 Å². The third-order valence-electron chi connectivity index (χ3n) is 5.99. The van der Waals surface area contributed by atoms with Crippen molar-refractivity contribution in [1.29, 1.82) is 0 Å². The second kappa shape index (κ2) is 9.23. The lowest BCUT2D eigenvalue weighted by Gasteiger charge is -2.42. The summed E-state index contributed by atoms with van der Waals surface area (Å²) in [6.45, 7) is 4.86. The van der Waals surface area contributed by atoms with Gasteiger partial charge in [0.25, 0.3) is 0 Å². The molecule has 31 heavy (non-hydrogen) atoms. The number of aliphatic hydroxyl groups excluding tert-OH is 1. The van der Waals surface area contributed by atoms with E-state index in [1.807, 2.05) is 6.92 Å².